The third-order valence-corrected chi connectivity index (χ3v) is 6.98. The Balaban J connectivity index is 1.15. The van der Waals surface area contributed by atoms with Crippen LogP contribution in [0.25, 0.3) is 5.69 Å². The van der Waals surface area contributed by atoms with Crippen molar-refractivity contribution in [2.24, 2.45) is 0 Å². The largest absolute Gasteiger partial charge is 0.490 e. The number of hydrogen-bond acceptors (Lipinski definition) is 8. The second kappa shape index (κ2) is 12.1. The van der Waals surface area contributed by atoms with E-state index in [9.17, 15) is 4.79 Å². The Kier molecular flexibility index (Phi) is 7.81. The Morgan fingerprint density at radius 1 is 0.775 bits per heavy atom. The number of benzene rings is 3. The zero-order valence-corrected chi connectivity index (χ0v) is 22.3. The van der Waals surface area contributed by atoms with E-state index in [0.717, 1.165) is 50.0 Å². The summed E-state index contributed by atoms with van der Waals surface area (Å²) >= 11 is 0. The fourth-order valence-corrected chi connectivity index (χ4v) is 4.95. The summed E-state index contributed by atoms with van der Waals surface area (Å²) in [5.74, 6) is 2.66. The van der Waals surface area contributed by atoms with E-state index in [0.29, 0.717) is 31.2 Å². The van der Waals surface area contributed by atoms with E-state index >= 15 is 0 Å². The fourth-order valence-electron chi connectivity index (χ4n) is 4.95. The Morgan fingerprint density at radius 2 is 1.48 bits per heavy atom. The van der Waals surface area contributed by atoms with Gasteiger partial charge in [-0.15, -0.1) is 0 Å². The van der Waals surface area contributed by atoms with E-state index in [1.54, 1.807) is 6.20 Å². The molecule has 9 nitrogen and oxygen atoms in total. The molecule has 3 aromatic carbocycles. The molecule has 9 heteroatoms. The van der Waals surface area contributed by atoms with Gasteiger partial charge in [0.25, 0.3) is 0 Å². The second-order valence-corrected chi connectivity index (χ2v) is 9.66. The molecule has 0 aliphatic carbocycles. The fraction of sp³-hybridized carbons (Fsp3) is 0.290. The van der Waals surface area contributed by atoms with Crippen LogP contribution in [0, 0.1) is 0 Å². The summed E-state index contributed by atoms with van der Waals surface area (Å²) < 4.78 is 24.7. The molecule has 2 aliphatic rings. The van der Waals surface area contributed by atoms with Crippen LogP contribution in [0.5, 0.6) is 23.0 Å². The Labute approximate surface area is 233 Å². The average molecular weight is 541 g/mol. The monoisotopic (exact) mass is 540 g/mol. The van der Waals surface area contributed by atoms with E-state index in [-0.39, 0.29) is 17.9 Å². The van der Waals surface area contributed by atoms with Crippen molar-refractivity contribution in [2.45, 2.75) is 6.54 Å². The van der Waals surface area contributed by atoms with Gasteiger partial charge in [0.1, 0.15) is 37.9 Å². The number of hydrogen-bond donors (Lipinski definition) is 0. The van der Waals surface area contributed by atoms with Crippen LogP contribution in [0.3, 0.4) is 0 Å². The first kappa shape index (κ1) is 25.8. The summed E-state index contributed by atoms with van der Waals surface area (Å²) in [7, 11) is 0. The summed E-state index contributed by atoms with van der Waals surface area (Å²) in [4.78, 5) is 18.2. The highest BCUT2D eigenvalue weighted by Crippen LogP contribution is 2.31. The minimum atomic E-state index is -0.290. The minimum Gasteiger partial charge on any atom is -0.490 e. The Bertz CT molecular complexity index is 1470. The molecule has 1 saturated heterocycles. The lowest BCUT2D eigenvalue weighted by Gasteiger charge is -2.36. The molecule has 3 heterocycles. The number of aromatic nitrogens is 2. The number of anilines is 1. The van der Waals surface area contributed by atoms with Crippen molar-refractivity contribution in [3.05, 3.63) is 101 Å². The molecule has 206 valence electrons. The highest BCUT2D eigenvalue weighted by Gasteiger charge is 2.24. The molecule has 0 bridgehead atoms. The van der Waals surface area contributed by atoms with Crippen molar-refractivity contribution in [3.63, 3.8) is 0 Å². The van der Waals surface area contributed by atoms with Crippen LogP contribution in [0.1, 0.15) is 5.56 Å². The van der Waals surface area contributed by atoms with Crippen molar-refractivity contribution in [1.29, 1.82) is 0 Å². The summed E-state index contributed by atoms with van der Waals surface area (Å²) in [6, 6.07) is 25.1. The molecule has 0 unspecified atom stereocenters. The van der Waals surface area contributed by atoms with Crippen molar-refractivity contribution >= 4 is 5.69 Å². The standard InChI is InChI=1S/C31H32N4O5/c36-31-30(40-20-17-37-26-9-5-2-6-10-26)27(22-32-35(31)25-7-3-1-4-8-25)34-15-13-33(14-16-34)23-24-11-12-28-29(21-24)39-19-18-38-28/h1-12,21-22H,13-20,23H2. The number of fused-ring (bicyclic) bond motifs is 1. The number of para-hydroxylation sites is 2. The SMILES string of the molecule is O=c1c(OCCOc2ccccc2)c(N2CCN(Cc3ccc4c(c3)OCCO4)CC2)cnn1-c1ccccc1. The van der Waals surface area contributed by atoms with E-state index in [1.165, 1.54) is 10.2 Å². The van der Waals surface area contributed by atoms with Crippen molar-refractivity contribution in [1.82, 2.24) is 14.7 Å². The molecule has 0 amide bonds. The molecule has 1 fully saturated rings. The third-order valence-electron chi connectivity index (χ3n) is 6.98. The van der Waals surface area contributed by atoms with Gasteiger partial charge in [-0.3, -0.25) is 9.69 Å². The van der Waals surface area contributed by atoms with E-state index < -0.39 is 0 Å². The Morgan fingerprint density at radius 3 is 2.25 bits per heavy atom. The van der Waals surface area contributed by atoms with Gasteiger partial charge in [0.2, 0.25) is 5.75 Å². The maximum absolute atomic E-state index is 13.6. The van der Waals surface area contributed by atoms with Gasteiger partial charge in [0.05, 0.1) is 11.9 Å². The van der Waals surface area contributed by atoms with E-state index in [1.807, 2.05) is 66.7 Å². The molecule has 4 aromatic rings. The molecule has 0 radical (unpaired) electrons. The van der Waals surface area contributed by atoms with Crippen LogP contribution in [-0.4, -0.2) is 67.3 Å². The molecule has 0 N–H and O–H groups in total. The highest BCUT2D eigenvalue weighted by molar-refractivity contribution is 5.57. The molecule has 0 spiro atoms. The summed E-state index contributed by atoms with van der Waals surface area (Å²) in [6.07, 6.45) is 1.73. The van der Waals surface area contributed by atoms with Crippen molar-refractivity contribution in [3.8, 4) is 28.7 Å². The van der Waals surface area contributed by atoms with Gasteiger partial charge in [-0.1, -0.05) is 42.5 Å². The zero-order chi connectivity index (χ0) is 27.1. The molecule has 6 rings (SSSR count). The maximum Gasteiger partial charge on any atom is 0.316 e. The van der Waals surface area contributed by atoms with Crippen LogP contribution < -0.4 is 29.4 Å². The van der Waals surface area contributed by atoms with Gasteiger partial charge >= 0.3 is 5.56 Å². The highest BCUT2D eigenvalue weighted by atomic mass is 16.6. The van der Waals surface area contributed by atoms with Crippen LogP contribution >= 0.6 is 0 Å². The van der Waals surface area contributed by atoms with Gasteiger partial charge in [-0.05, 0) is 42.0 Å². The maximum atomic E-state index is 13.6. The van der Waals surface area contributed by atoms with Gasteiger partial charge in [0, 0.05) is 32.7 Å². The second-order valence-electron chi connectivity index (χ2n) is 9.66. The number of piperazine rings is 1. The molecule has 1 aromatic heterocycles. The molecular formula is C31H32N4O5. The molecular weight excluding hydrogens is 508 g/mol. The first-order valence-electron chi connectivity index (χ1n) is 13.6. The van der Waals surface area contributed by atoms with Crippen LogP contribution in [0.2, 0.25) is 0 Å². The first-order chi connectivity index (χ1) is 19.7. The molecule has 40 heavy (non-hydrogen) atoms. The van der Waals surface area contributed by atoms with Crippen molar-refractivity contribution < 1.29 is 18.9 Å². The first-order valence-corrected chi connectivity index (χ1v) is 13.6. The normalized spacial score (nSPS) is 15.1. The van der Waals surface area contributed by atoms with E-state index in [2.05, 4.69) is 27.0 Å². The summed E-state index contributed by atoms with van der Waals surface area (Å²) in [5, 5.41) is 4.50. The lowest BCUT2D eigenvalue weighted by atomic mass is 10.1. The van der Waals surface area contributed by atoms with Crippen LogP contribution in [-0.2, 0) is 6.54 Å². The number of rotatable bonds is 9. The minimum absolute atomic E-state index is 0.236. The molecule has 0 saturated carbocycles. The van der Waals surface area contributed by atoms with Gasteiger partial charge in [-0.2, -0.15) is 9.78 Å². The Hall–Kier alpha value is -4.50. The summed E-state index contributed by atoms with van der Waals surface area (Å²) in [6.45, 7) is 5.72. The topological polar surface area (TPSA) is 78.3 Å². The molecule has 0 atom stereocenters. The van der Waals surface area contributed by atoms with Crippen LogP contribution in [0.4, 0.5) is 5.69 Å². The van der Waals surface area contributed by atoms with Crippen molar-refractivity contribution in [2.75, 3.05) is 57.5 Å². The predicted molar refractivity (Wildman–Crippen MR) is 152 cm³/mol. The average Bonchev–Trinajstić information content (AvgIpc) is 3.01. The molecule has 2 aliphatic heterocycles. The number of nitrogens with zero attached hydrogens (tertiary/aromatic N) is 4. The van der Waals surface area contributed by atoms with Gasteiger partial charge in [-0.25, -0.2) is 0 Å². The quantitative estimate of drug-likeness (QED) is 0.297. The smallest absolute Gasteiger partial charge is 0.316 e. The van der Waals surface area contributed by atoms with Gasteiger partial charge in [0.15, 0.2) is 11.5 Å². The number of ether oxygens (including phenoxy) is 4. The predicted octanol–water partition coefficient (Wildman–Crippen LogP) is 3.78. The third kappa shape index (κ3) is 5.89. The zero-order valence-electron chi connectivity index (χ0n) is 22.3. The van der Waals surface area contributed by atoms with Crippen LogP contribution in [0.15, 0.2) is 89.9 Å². The summed E-state index contributed by atoms with van der Waals surface area (Å²) in [5.41, 5.74) is 2.29. The van der Waals surface area contributed by atoms with Gasteiger partial charge < -0.3 is 23.8 Å². The lowest BCUT2D eigenvalue weighted by molar-refractivity contribution is 0.171. The van der Waals surface area contributed by atoms with E-state index in [4.69, 9.17) is 18.9 Å². The lowest BCUT2D eigenvalue weighted by Crippen LogP contribution is -2.46.